The lowest BCUT2D eigenvalue weighted by Gasteiger charge is -2.44. The first-order valence-corrected chi connectivity index (χ1v) is 12.5. The van der Waals surface area contributed by atoms with Gasteiger partial charge in [0, 0.05) is 50.3 Å². The van der Waals surface area contributed by atoms with Crippen molar-refractivity contribution in [3.05, 3.63) is 29.3 Å². The van der Waals surface area contributed by atoms with E-state index in [1.165, 1.54) is 18.9 Å². The standard InChI is InChI=1S/C26H32F3N3O2/c27-26(28,29)23-12-22(7-6-20(23)13-30)32-14-21(16-34-15-18-4-5-18)25(17-32)8-10-31(11-9-25)24(33)19-2-1-3-19/h6-7,12,18-19,21H,1-5,8-11,14-17H2. The third kappa shape index (κ3) is 4.64. The van der Waals surface area contributed by atoms with Gasteiger partial charge in [-0.2, -0.15) is 18.4 Å². The van der Waals surface area contributed by atoms with Gasteiger partial charge in [-0.15, -0.1) is 0 Å². The zero-order chi connectivity index (χ0) is 23.9. The molecule has 2 aliphatic carbocycles. The molecule has 4 aliphatic rings. The van der Waals surface area contributed by atoms with Gasteiger partial charge in [0.1, 0.15) is 0 Å². The van der Waals surface area contributed by atoms with Crippen LogP contribution in [0.5, 0.6) is 0 Å². The van der Waals surface area contributed by atoms with Crippen molar-refractivity contribution in [3.8, 4) is 6.07 Å². The van der Waals surface area contributed by atoms with Gasteiger partial charge in [-0.25, -0.2) is 0 Å². The van der Waals surface area contributed by atoms with Crippen LogP contribution in [-0.2, 0) is 15.7 Å². The zero-order valence-corrected chi connectivity index (χ0v) is 19.4. The molecule has 2 heterocycles. The molecule has 4 fully saturated rings. The van der Waals surface area contributed by atoms with Crippen LogP contribution in [0.2, 0.25) is 0 Å². The van der Waals surface area contributed by atoms with Crippen molar-refractivity contribution in [1.29, 1.82) is 5.26 Å². The lowest BCUT2D eigenvalue weighted by molar-refractivity contribution is -0.141. The highest BCUT2D eigenvalue weighted by Gasteiger charge is 2.49. The van der Waals surface area contributed by atoms with Gasteiger partial charge < -0.3 is 14.5 Å². The number of carbonyl (C=O) groups excluding carboxylic acids is 1. The van der Waals surface area contributed by atoms with Gasteiger partial charge in [0.2, 0.25) is 5.91 Å². The number of halogens is 3. The summed E-state index contributed by atoms with van der Waals surface area (Å²) in [5, 5.41) is 9.14. The van der Waals surface area contributed by atoms with E-state index in [2.05, 4.69) is 0 Å². The summed E-state index contributed by atoms with van der Waals surface area (Å²) in [4.78, 5) is 16.8. The minimum Gasteiger partial charge on any atom is -0.381 e. The number of nitrogens with zero attached hydrogens (tertiary/aromatic N) is 3. The number of piperidine rings is 1. The van der Waals surface area contributed by atoms with Crippen molar-refractivity contribution < 1.29 is 22.7 Å². The Morgan fingerprint density at radius 2 is 1.88 bits per heavy atom. The number of hydrogen-bond acceptors (Lipinski definition) is 4. The van der Waals surface area contributed by atoms with Crippen LogP contribution in [0.4, 0.5) is 18.9 Å². The SMILES string of the molecule is N#Cc1ccc(N2CC(COCC3CC3)C3(CCN(C(=O)C4CCC4)CC3)C2)cc1C(F)(F)F. The van der Waals surface area contributed by atoms with Crippen LogP contribution in [0, 0.1) is 34.5 Å². The Kier molecular flexibility index (Phi) is 6.26. The Hall–Kier alpha value is -2.27. The molecule has 1 aromatic rings. The number of anilines is 1. The quantitative estimate of drug-likeness (QED) is 0.590. The maximum absolute atomic E-state index is 13.6. The zero-order valence-electron chi connectivity index (χ0n) is 19.4. The molecule has 1 atom stereocenters. The van der Waals surface area contributed by atoms with E-state index in [-0.39, 0.29) is 28.7 Å². The Morgan fingerprint density at radius 3 is 2.47 bits per heavy atom. The number of amides is 1. The monoisotopic (exact) mass is 475 g/mol. The first kappa shape index (κ1) is 23.5. The Labute approximate surface area is 198 Å². The minimum absolute atomic E-state index is 0.0771. The second kappa shape index (κ2) is 9.07. The maximum atomic E-state index is 13.6. The van der Waals surface area contributed by atoms with Crippen LogP contribution >= 0.6 is 0 Å². The fraction of sp³-hybridized carbons (Fsp3) is 0.692. The van der Waals surface area contributed by atoms with Gasteiger partial charge >= 0.3 is 6.18 Å². The molecule has 8 heteroatoms. The lowest BCUT2D eigenvalue weighted by atomic mass is 9.70. The number of nitriles is 1. The van der Waals surface area contributed by atoms with Crippen LogP contribution in [-0.4, -0.2) is 50.2 Å². The van der Waals surface area contributed by atoms with E-state index in [4.69, 9.17) is 10.00 Å². The van der Waals surface area contributed by atoms with E-state index >= 15 is 0 Å². The van der Waals surface area contributed by atoms with Crippen LogP contribution in [0.3, 0.4) is 0 Å². The third-order valence-electron chi connectivity index (χ3n) is 8.50. The summed E-state index contributed by atoms with van der Waals surface area (Å²) in [6.07, 6.45) is 2.67. The third-order valence-corrected chi connectivity index (χ3v) is 8.50. The van der Waals surface area contributed by atoms with Crippen molar-refractivity contribution in [2.45, 2.75) is 51.1 Å². The molecule has 2 saturated carbocycles. The molecule has 2 aliphatic heterocycles. The molecule has 1 amide bonds. The molecule has 1 spiro atoms. The summed E-state index contributed by atoms with van der Waals surface area (Å²) in [5.74, 6) is 1.33. The van der Waals surface area contributed by atoms with Crippen LogP contribution in [0.1, 0.15) is 56.1 Å². The maximum Gasteiger partial charge on any atom is 0.417 e. The molecular weight excluding hydrogens is 443 g/mol. The first-order valence-electron chi connectivity index (χ1n) is 12.5. The summed E-state index contributed by atoms with van der Waals surface area (Å²) in [5.41, 5.74) is -0.803. The van der Waals surface area contributed by atoms with E-state index in [1.807, 2.05) is 9.80 Å². The highest BCUT2D eigenvalue weighted by atomic mass is 19.4. The molecule has 0 radical (unpaired) electrons. The van der Waals surface area contributed by atoms with Crippen LogP contribution in [0.25, 0.3) is 0 Å². The van der Waals surface area contributed by atoms with Gasteiger partial charge in [-0.05, 0) is 68.1 Å². The van der Waals surface area contributed by atoms with Crippen molar-refractivity contribution >= 4 is 11.6 Å². The van der Waals surface area contributed by atoms with E-state index in [0.717, 1.165) is 44.8 Å². The number of rotatable bonds is 6. The minimum atomic E-state index is -4.57. The predicted octanol–water partition coefficient (Wildman–Crippen LogP) is 4.85. The normalized spacial score (nSPS) is 24.8. The summed E-state index contributed by atoms with van der Waals surface area (Å²) in [7, 11) is 0. The summed E-state index contributed by atoms with van der Waals surface area (Å²) >= 11 is 0. The predicted molar refractivity (Wildman–Crippen MR) is 121 cm³/mol. The Balaban J connectivity index is 1.33. The molecule has 0 bridgehead atoms. The summed E-state index contributed by atoms with van der Waals surface area (Å²) < 4.78 is 46.8. The van der Waals surface area contributed by atoms with E-state index < -0.39 is 11.7 Å². The number of carbonyl (C=O) groups is 1. The van der Waals surface area contributed by atoms with Crippen molar-refractivity contribution in [2.24, 2.45) is 23.2 Å². The van der Waals surface area contributed by atoms with E-state index in [0.29, 0.717) is 44.4 Å². The van der Waals surface area contributed by atoms with E-state index in [9.17, 15) is 18.0 Å². The average Bonchev–Trinajstić information content (AvgIpc) is 3.54. The topological polar surface area (TPSA) is 56.6 Å². The summed E-state index contributed by atoms with van der Waals surface area (Å²) in [6, 6.07) is 5.70. The smallest absolute Gasteiger partial charge is 0.381 e. The molecule has 0 N–H and O–H groups in total. The van der Waals surface area contributed by atoms with Crippen molar-refractivity contribution in [1.82, 2.24) is 4.90 Å². The highest BCUT2D eigenvalue weighted by molar-refractivity contribution is 5.79. The fourth-order valence-corrected chi connectivity index (χ4v) is 5.83. The van der Waals surface area contributed by atoms with Gasteiger partial charge in [-0.1, -0.05) is 6.42 Å². The van der Waals surface area contributed by atoms with Gasteiger partial charge in [0.05, 0.1) is 23.8 Å². The molecule has 0 aromatic heterocycles. The molecule has 1 unspecified atom stereocenters. The number of benzene rings is 1. The average molecular weight is 476 g/mol. The molecule has 5 nitrogen and oxygen atoms in total. The van der Waals surface area contributed by atoms with E-state index in [1.54, 1.807) is 12.1 Å². The largest absolute Gasteiger partial charge is 0.417 e. The fourth-order valence-electron chi connectivity index (χ4n) is 5.83. The van der Waals surface area contributed by atoms with Crippen molar-refractivity contribution in [3.63, 3.8) is 0 Å². The van der Waals surface area contributed by atoms with Crippen LogP contribution < -0.4 is 4.90 Å². The van der Waals surface area contributed by atoms with Crippen LogP contribution in [0.15, 0.2) is 18.2 Å². The lowest BCUT2D eigenvalue weighted by Crippen LogP contribution is -2.49. The van der Waals surface area contributed by atoms with Gasteiger partial charge in [0.15, 0.2) is 0 Å². The molecule has 1 aromatic carbocycles. The molecule has 34 heavy (non-hydrogen) atoms. The van der Waals surface area contributed by atoms with Gasteiger partial charge in [-0.3, -0.25) is 4.79 Å². The number of hydrogen-bond donors (Lipinski definition) is 0. The Morgan fingerprint density at radius 1 is 1.15 bits per heavy atom. The number of ether oxygens (including phenoxy) is 1. The summed E-state index contributed by atoms with van der Waals surface area (Å²) in [6.45, 7) is 4.07. The molecule has 5 rings (SSSR count). The second-order valence-electron chi connectivity index (χ2n) is 10.7. The first-order chi connectivity index (χ1) is 16.3. The molecule has 184 valence electrons. The van der Waals surface area contributed by atoms with Crippen molar-refractivity contribution in [2.75, 3.05) is 44.3 Å². The molecule has 2 saturated heterocycles. The second-order valence-corrected chi connectivity index (χ2v) is 10.7. The number of alkyl halides is 3. The highest BCUT2D eigenvalue weighted by Crippen LogP contribution is 2.47. The molecular formula is C26H32F3N3O2. The number of likely N-dealkylation sites (tertiary alicyclic amines) is 1. The van der Waals surface area contributed by atoms with Gasteiger partial charge in [0.25, 0.3) is 0 Å². The Bertz CT molecular complexity index is 957.